The molecule has 2 aliphatic heterocycles. The second kappa shape index (κ2) is 9.18. The molecular formula is C29H31N7O. The van der Waals surface area contributed by atoms with E-state index in [4.69, 9.17) is 5.26 Å². The van der Waals surface area contributed by atoms with Gasteiger partial charge in [0.2, 0.25) is 0 Å². The molecule has 2 aromatic heterocycles. The highest BCUT2D eigenvalue weighted by Gasteiger charge is 2.27. The van der Waals surface area contributed by atoms with Crippen LogP contribution < -0.4 is 10.2 Å². The number of benzene rings is 2. The van der Waals surface area contributed by atoms with Gasteiger partial charge >= 0.3 is 0 Å². The van der Waals surface area contributed by atoms with E-state index >= 15 is 0 Å². The van der Waals surface area contributed by atoms with Gasteiger partial charge in [-0.3, -0.25) is 4.57 Å². The summed E-state index contributed by atoms with van der Waals surface area (Å²) in [6.07, 6.45) is 5.09. The minimum absolute atomic E-state index is 0.133. The molecule has 6 rings (SSSR count). The Kier molecular flexibility index (Phi) is 5.82. The molecule has 8 heteroatoms. The second-order valence-corrected chi connectivity index (χ2v) is 10.8. The van der Waals surface area contributed by atoms with Crippen LogP contribution in [0.3, 0.4) is 0 Å². The lowest BCUT2D eigenvalue weighted by Crippen LogP contribution is -2.45. The Morgan fingerprint density at radius 1 is 1.14 bits per heavy atom. The molecule has 1 saturated heterocycles. The molecule has 1 atom stereocenters. The Balaban J connectivity index is 1.28. The van der Waals surface area contributed by atoms with Crippen LogP contribution in [-0.4, -0.2) is 56.2 Å². The molecule has 2 aromatic carbocycles. The maximum Gasteiger partial charge on any atom is 0.185 e. The van der Waals surface area contributed by atoms with Crippen LogP contribution in [0.2, 0.25) is 0 Å². The highest BCUT2D eigenvalue weighted by molar-refractivity contribution is 5.72. The molecule has 1 fully saturated rings. The molecule has 4 heterocycles. The maximum absolute atomic E-state index is 9.55. The average Bonchev–Trinajstić information content (AvgIpc) is 3.66. The number of fused-ring (bicyclic) bond motifs is 5. The van der Waals surface area contributed by atoms with Crippen LogP contribution in [0.4, 0.5) is 5.69 Å². The first-order valence-electron chi connectivity index (χ1n) is 12.8. The summed E-state index contributed by atoms with van der Waals surface area (Å²) in [4.78, 5) is 2.47. The molecule has 0 amide bonds. The largest absolute Gasteiger partial charge is 0.394 e. The van der Waals surface area contributed by atoms with Gasteiger partial charge in [0.15, 0.2) is 5.82 Å². The number of aliphatic hydroxyl groups is 1. The second-order valence-electron chi connectivity index (χ2n) is 10.8. The lowest BCUT2D eigenvalue weighted by molar-refractivity contribution is 0.184. The Hall–Kier alpha value is -3.93. The van der Waals surface area contributed by atoms with Crippen LogP contribution in [-0.2, 0) is 6.54 Å². The third-order valence-corrected chi connectivity index (χ3v) is 7.60. The zero-order valence-electron chi connectivity index (χ0n) is 21.2. The molecule has 0 radical (unpaired) electrons. The molecule has 0 unspecified atom stereocenters. The van der Waals surface area contributed by atoms with E-state index in [1.165, 1.54) is 11.3 Å². The van der Waals surface area contributed by atoms with Crippen molar-refractivity contribution in [3.05, 3.63) is 72.2 Å². The van der Waals surface area contributed by atoms with E-state index in [-0.39, 0.29) is 12.1 Å². The van der Waals surface area contributed by atoms with Crippen LogP contribution in [0.15, 0.2) is 61.1 Å². The number of nitrogens with zero attached hydrogens (tertiary/aromatic N) is 6. The molecule has 188 valence electrons. The van der Waals surface area contributed by atoms with E-state index in [0.29, 0.717) is 11.5 Å². The molecular weight excluding hydrogens is 462 g/mol. The maximum atomic E-state index is 9.55. The summed E-state index contributed by atoms with van der Waals surface area (Å²) in [7, 11) is 0. The van der Waals surface area contributed by atoms with Gasteiger partial charge in [-0.15, -0.1) is 10.2 Å². The van der Waals surface area contributed by atoms with Gasteiger partial charge in [-0.2, -0.15) is 5.26 Å². The van der Waals surface area contributed by atoms with Crippen molar-refractivity contribution in [2.75, 3.05) is 31.1 Å². The van der Waals surface area contributed by atoms with Gasteiger partial charge in [0, 0.05) is 49.2 Å². The molecule has 0 bridgehead atoms. The molecule has 8 nitrogen and oxygen atoms in total. The van der Waals surface area contributed by atoms with E-state index in [1.807, 2.05) is 38.1 Å². The average molecular weight is 494 g/mol. The van der Waals surface area contributed by atoms with Gasteiger partial charge in [-0.25, -0.2) is 0 Å². The van der Waals surface area contributed by atoms with E-state index in [2.05, 4.69) is 66.1 Å². The zero-order chi connectivity index (χ0) is 25.6. The van der Waals surface area contributed by atoms with Gasteiger partial charge in [-0.1, -0.05) is 12.1 Å². The summed E-state index contributed by atoms with van der Waals surface area (Å²) in [5.74, 6) is 1.38. The van der Waals surface area contributed by atoms with Crippen LogP contribution in [0.1, 0.15) is 31.4 Å². The summed E-state index contributed by atoms with van der Waals surface area (Å²) in [5, 5.41) is 30.9. The van der Waals surface area contributed by atoms with Crippen molar-refractivity contribution in [3.8, 4) is 34.4 Å². The van der Waals surface area contributed by atoms with Crippen molar-refractivity contribution in [2.45, 2.75) is 32.4 Å². The van der Waals surface area contributed by atoms with Crippen molar-refractivity contribution in [1.29, 1.82) is 5.26 Å². The fourth-order valence-corrected chi connectivity index (χ4v) is 5.33. The minimum atomic E-state index is -0.251. The van der Waals surface area contributed by atoms with E-state index < -0.39 is 0 Å². The Morgan fingerprint density at radius 2 is 1.97 bits per heavy atom. The van der Waals surface area contributed by atoms with Crippen LogP contribution in [0.5, 0.6) is 0 Å². The molecule has 0 aliphatic carbocycles. The summed E-state index contributed by atoms with van der Waals surface area (Å²) >= 11 is 0. The molecule has 0 saturated carbocycles. The number of hydrogen-bond donors (Lipinski definition) is 2. The van der Waals surface area contributed by atoms with Gasteiger partial charge in [-0.05, 0) is 73.7 Å². The quantitative estimate of drug-likeness (QED) is 0.373. The Labute approximate surface area is 216 Å². The lowest BCUT2D eigenvalue weighted by Gasteiger charge is -2.26. The van der Waals surface area contributed by atoms with Crippen LogP contribution in [0, 0.1) is 17.2 Å². The highest BCUT2D eigenvalue weighted by atomic mass is 16.3. The number of nitriles is 1. The van der Waals surface area contributed by atoms with E-state index in [1.54, 1.807) is 6.33 Å². The topological polar surface area (TPSA) is 94.9 Å². The van der Waals surface area contributed by atoms with Gasteiger partial charge in [0.1, 0.15) is 6.33 Å². The number of aliphatic hydroxyl groups excluding tert-OH is 1. The fourth-order valence-electron chi connectivity index (χ4n) is 5.33. The first-order valence-corrected chi connectivity index (χ1v) is 12.8. The van der Waals surface area contributed by atoms with Gasteiger partial charge in [0.25, 0.3) is 0 Å². The van der Waals surface area contributed by atoms with Crippen molar-refractivity contribution in [2.24, 2.45) is 5.92 Å². The van der Waals surface area contributed by atoms with Gasteiger partial charge in [0.05, 0.1) is 29.6 Å². The standard InChI is InChI=1S/C29H31N7O/c1-29(2,18-37)31-14-21-9-10-34(15-21)25-7-8-26-24(11-25)17-35-16-23(22-5-3-20(13-30)4-6-22)12-27(35)28-33-32-19-36(26)28/h3-8,11-12,16,19,21,31,37H,9-10,14-15,17-18H2,1-2H3/t21-/m0/s1. The van der Waals surface area contributed by atoms with Crippen LogP contribution >= 0.6 is 0 Å². The predicted octanol–water partition coefficient (Wildman–Crippen LogP) is 3.82. The number of rotatable bonds is 6. The molecule has 2 aliphatic rings. The van der Waals surface area contributed by atoms with Crippen molar-refractivity contribution < 1.29 is 5.11 Å². The summed E-state index contributed by atoms with van der Waals surface area (Å²) in [6, 6.07) is 18.7. The number of aromatic nitrogens is 4. The fraction of sp³-hybridized carbons (Fsp3) is 0.345. The van der Waals surface area contributed by atoms with Crippen molar-refractivity contribution in [1.82, 2.24) is 24.6 Å². The van der Waals surface area contributed by atoms with Crippen molar-refractivity contribution in [3.63, 3.8) is 0 Å². The Morgan fingerprint density at radius 3 is 2.76 bits per heavy atom. The van der Waals surface area contributed by atoms with Crippen molar-refractivity contribution >= 4 is 5.69 Å². The molecule has 0 spiro atoms. The smallest absolute Gasteiger partial charge is 0.185 e. The Bertz CT molecular complexity index is 1470. The molecule has 2 N–H and O–H groups in total. The zero-order valence-corrected chi connectivity index (χ0v) is 21.2. The SMILES string of the molecule is CC(C)(CO)NC[C@@H]1CCN(c2ccc3c(c2)Cn2cc(-c4ccc(C#N)cc4)cc2-c2nncn2-3)C1. The number of nitrogens with one attached hydrogen (secondary N) is 1. The number of anilines is 1. The third kappa shape index (κ3) is 4.41. The summed E-state index contributed by atoms with van der Waals surface area (Å²) < 4.78 is 4.32. The first-order chi connectivity index (χ1) is 17.9. The predicted molar refractivity (Wildman–Crippen MR) is 144 cm³/mol. The molecule has 4 aromatic rings. The molecule has 37 heavy (non-hydrogen) atoms. The summed E-state index contributed by atoms with van der Waals surface area (Å²) in [5.41, 5.74) is 7.15. The summed E-state index contributed by atoms with van der Waals surface area (Å²) in [6.45, 7) is 7.88. The third-order valence-electron chi connectivity index (χ3n) is 7.60. The number of hydrogen-bond acceptors (Lipinski definition) is 6. The lowest BCUT2D eigenvalue weighted by atomic mass is 10.0. The minimum Gasteiger partial charge on any atom is -0.394 e. The highest BCUT2D eigenvalue weighted by Crippen LogP contribution is 2.35. The first kappa shape index (κ1) is 23.5. The normalized spacial score (nSPS) is 16.6. The van der Waals surface area contributed by atoms with Gasteiger partial charge < -0.3 is 19.9 Å². The van der Waals surface area contributed by atoms with Crippen LogP contribution in [0.25, 0.3) is 28.3 Å². The van der Waals surface area contributed by atoms with E-state index in [0.717, 1.165) is 60.9 Å². The van der Waals surface area contributed by atoms with E-state index in [9.17, 15) is 5.11 Å². The monoisotopic (exact) mass is 493 g/mol.